The molecule has 2 heterocycles. The summed E-state index contributed by atoms with van der Waals surface area (Å²) < 4.78 is 0. The number of likely N-dealkylation sites (tertiary alicyclic amines) is 1. The number of carbonyl (C=O) groups excluding carboxylic acids is 2. The highest BCUT2D eigenvalue weighted by Crippen LogP contribution is 2.25. The molecule has 0 radical (unpaired) electrons. The van der Waals surface area contributed by atoms with Crippen molar-refractivity contribution in [2.75, 3.05) is 18.4 Å². The van der Waals surface area contributed by atoms with Crippen LogP contribution in [0.5, 0.6) is 0 Å². The van der Waals surface area contributed by atoms with Gasteiger partial charge in [-0.25, -0.2) is 0 Å². The summed E-state index contributed by atoms with van der Waals surface area (Å²) in [5.41, 5.74) is 1.26. The van der Waals surface area contributed by atoms with Gasteiger partial charge in [-0.2, -0.15) is 0 Å². The largest absolute Gasteiger partial charge is 0.342 e. The smallest absolute Gasteiger partial charge is 0.231 e. The fraction of sp³-hybridized carbons (Fsp3) is 0.500. The van der Waals surface area contributed by atoms with Crippen LogP contribution in [0.15, 0.2) is 30.3 Å². The van der Waals surface area contributed by atoms with Gasteiger partial charge in [-0.15, -0.1) is 10.2 Å². The highest BCUT2D eigenvalue weighted by molar-refractivity contribution is 7.15. The van der Waals surface area contributed by atoms with Gasteiger partial charge in [0.1, 0.15) is 5.01 Å². The highest BCUT2D eigenvalue weighted by Gasteiger charge is 2.34. The zero-order valence-corrected chi connectivity index (χ0v) is 16.7. The molecular formula is C20H26N4O2S. The van der Waals surface area contributed by atoms with E-state index >= 15 is 0 Å². The predicted molar refractivity (Wildman–Crippen MR) is 107 cm³/mol. The standard InChI is InChI=1S/C20H26N4O2S/c1-3-4-10-24-13-16(12-18(24)25)19(26)21-20-23-22-17(27-20)11-14(2)15-8-6-5-7-9-15/h5-9,14,16H,3-4,10-13H2,1-2H3,(H,21,23,26). The lowest BCUT2D eigenvalue weighted by atomic mass is 9.98. The first-order valence-electron chi connectivity index (χ1n) is 9.52. The van der Waals surface area contributed by atoms with Gasteiger partial charge in [-0.05, 0) is 17.9 Å². The Kier molecular flexibility index (Phi) is 6.55. The average molecular weight is 387 g/mol. The topological polar surface area (TPSA) is 75.2 Å². The summed E-state index contributed by atoms with van der Waals surface area (Å²) >= 11 is 1.41. The van der Waals surface area contributed by atoms with E-state index in [1.165, 1.54) is 16.9 Å². The fourth-order valence-corrected chi connectivity index (χ4v) is 4.14. The molecule has 0 spiro atoms. The van der Waals surface area contributed by atoms with Gasteiger partial charge in [0.05, 0.1) is 5.92 Å². The Labute approximate surface area is 164 Å². The van der Waals surface area contributed by atoms with Crippen molar-refractivity contribution in [1.82, 2.24) is 15.1 Å². The molecule has 0 saturated carbocycles. The van der Waals surface area contributed by atoms with Gasteiger partial charge >= 0.3 is 0 Å². The molecule has 1 N–H and O–H groups in total. The molecule has 2 unspecified atom stereocenters. The molecule has 1 aromatic carbocycles. The number of nitrogens with one attached hydrogen (secondary N) is 1. The van der Waals surface area contributed by atoms with Crippen LogP contribution in [0.4, 0.5) is 5.13 Å². The van der Waals surface area contributed by atoms with Crippen molar-refractivity contribution in [2.45, 2.75) is 45.4 Å². The van der Waals surface area contributed by atoms with Crippen molar-refractivity contribution >= 4 is 28.3 Å². The Morgan fingerprint density at radius 3 is 2.85 bits per heavy atom. The molecule has 7 heteroatoms. The van der Waals surface area contributed by atoms with Crippen LogP contribution in [0.1, 0.15) is 49.6 Å². The summed E-state index contributed by atoms with van der Waals surface area (Å²) in [7, 11) is 0. The molecule has 2 aromatic rings. The van der Waals surface area contributed by atoms with Crippen molar-refractivity contribution in [3.8, 4) is 0 Å². The molecule has 0 aliphatic carbocycles. The van der Waals surface area contributed by atoms with Gasteiger partial charge < -0.3 is 10.2 Å². The molecule has 27 heavy (non-hydrogen) atoms. The highest BCUT2D eigenvalue weighted by atomic mass is 32.1. The van der Waals surface area contributed by atoms with Crippen LogP contribution in [0.3, 0.4) is 0 Å². The predicted octanol–water partition coefficient (Wildman–Crippen LogP) is 3.47. The number of hydrogen-bond donors (Lipinski definition) is 1. The number of nitrogens with zero attached hydrogens (tertiary/aromatic N) is 3. The molecule has 1 aliphatic rings. The molecule has 6 nitrogen and oxygen atoms in total. The number of unbranched alkanes of at least 4 members (excludes halogenated alkanes) is 1. The fourth-order valence-electron chi connectivity index (χ4n) is 3.27. The van der Waals surface area contributed by atoms with Crippen molar-refractivity contribution in [2.24, 2.45) is 5.92 Å². The molecule has 2 amide bonds. The first-order chi connectivity index (χ1) is 13.1. The SMILES string of the molecule is CCCCN1CC(C(=O)Nc2nnc(CC(C)c3ccccc3)s2)CC1=O. The summed E-state index contributed by atoms with van der Waals surface area (Å²) in [6.45, 7) is 5.49. The van der Waals surface area contributed by atoms with Crippen LogP contribution in [-0.2, 0) is 16.0 Å². The molecule has 0 bridgehead atoms. The van der Waals surface area contributed by atoms with E-state index in [9.17, 15) is 9.59 Å². The van der Waals surface area contributed by atoms with E-state index in [1.807, 2.05) is 18.2 Å². The van der Waals surface area contributed by atoms with Gasteiger partial charge in [0.25, 0.3) is 0 Å². The summed E-state index contributed by atoms with van der Waals surface area (Å²) in [4.78, 5) is 26.3. The zero-order valence-electron chi connectivity index (χ0n) is 15.9. The molecule has 2 atom stereocenters. The van der Waals surface area contributed by atoms with Crippen LogP contribution >= 0.6 is 11.3 Å². The Morgan fingerprint density at radius 2 is 2.11 bits per heavy atom. The monoisotopic (exact) mass is 386 g/mol. The first-order valence-corrected chi connectivity index (χ1v) is 10.3. The van der Waals surface area contributed by atoms with Crippen molar-refractivity contribution in [3.05, 3.63) is 40.9 Å². The minimum atomic E-state index is -0.301. The van der Waals surface area contributed by atoms with Gasteiger partial charge in [0.15, 0.2) is 0 Å². The van der Waals surface area contributed by atoms with E-state index in [0.29, 0.717) is 17.6 Å². The Bertz CT molecular complexity index is 777. The number of anilines is 1. The van der Waals surface area contributed by atoms with E-state index in [0.717, 1.165) is 30.8 Å². The third-order valence-electron chi connectivity index (χ3n) is 4.91. The van der Waals surface area contributed by atoms with E-state index in [-0.39, 0.29) is 24.2 Å². The maximum Gasteiger partial charge on any atom is 0.231 e. The molecule has 1 saturated heterocycles. The summed E-state index contributed by atoms with van der Waals surface area (Å²) in [5, 5.41) is 12.6. The van der Waals surface area contributed by atoms with Gasteiger partial charge in [-0.3, -0.25) is 9.59 Å². The van der Waals surface area contributed by atoms with Gasteiger partial charge in [0.2, 0.25) is 16.9 Å². The van der Waals surface area contributed by atoms with Crippen LogP contribution < -0.4 is 5.32 Å². The Balaban J connectivity index is 1.53. The number of aromatic nitrogens is 2. The number of amides is 2. The summed E-state index contributed by atoms with van der Waals surface area (Å²) in [6, 6.07) is 10.3. The minimum Gasteiger partial charge on any atom is -0.342 e. The van der Waals surface area contributed by atoms with E-state index in [4.69, 9.17) is 0 Å². The maximum atomic E-state index is 12.5. The lowest BCUT2D eigenvalue weighted by molar-refractivity contribution is -0.128. The molecule has 1 aromatic heterocycles. The lowest BCUT2D eigenvalue weighted by Gasteiger charge is -2.15. The van der Waals surface area contributed by atoms with Crippen LogP contribution in [0, 0.1) is 5.92 Å². The second-order valence-corrected chi connectivity index (χ2v) is 8.16. The summed E-state index contributed by atoms with van der Waals surface area (Å²) in [6.07, 6.45) is 3.07. The van der Waals surface area contributed by atoms with Crippen molar-refractivity contribution in [1.29, 1.82) is 0 Å². The van der Waals surface area contributed by atoms with E-state index in [2.05, 4.69) is 41.5 Å². The van der Waals surface area contributed by atoms with E-state index < -0.39 is 0 Å². The van der Waals surface area contributed by atoms with Gasteiger partial charge in [-0.1, -0.05) is 61.9 Å². The average Bonchev–Trinajstić information content (AvgIpc) is 3.27. The van der Waals surface area contributed by atoms with Crippen molar-refractivity contribution < 1.29 is 9.59 Å². The molecule has 144 valence electrons. The summed E-state index contributed by atoms with van der Waals surface area (Å²) in [5.74, 6) is -0.0355. The van der Waals surface area contributed by atoms with Gasteiger partial charge in [0, 0.05) is 25.9 Å². The number of benzene rings is 1. The first kappa shape index (κ1) is 19.5. The molecule has 3 rings (SSSR count). The molecule has 1 aliphatic heterocycles. The van der Waals surface area contributed by atoms with E-state index in [1.54, 1.807) is 4.90 Å². The minimum absolute atomic E-state index is 0.0678. The second kappa shape index (κ2) is 9.08. The normalized spacial score (nSPS) is 17.9. The third-order valence-corrected chi connectivity index (χ3v) is 5.77. The number of hydrogen-bond acceptors (Lipinski definition) is 5. The Hall–Kier alpha value is -2.28. The quantitative estimate of drug-likeness (QED) is 0.754. The second-order valence-electron chi connectivity index (χ2n) is 7.10. The lowest BCUT2D eigenvalue weighted by Crippen LogP contribution is -2.29. The van der Waals surface area contributed by atoms with Crippen LogP contribution in [0.2, 0.25) is 0 Å². The third kappa shape index (κ3) is 5.13. The number of carbonyl (C=O) groups is 2. The number of rotatable bonds is 8. The zero-order chi connectivity index (χ0) is 19.2. The molecular weight excluding hydrogens is 360 g/mol. The Morgan fingerprint density at radius 1 is 1.33 bits per heavy atom. The van der Waals surface area contributed by atoms with Crippen molar-refractivity contribution in [3.63, 3.8) is 0 Å². The van der Waals surface area contributed by atoms with Crippen LogP contribution in [0.25, 0.3) is 0 Å². The molecule has 1 fully saturated rings. The van der Waals surface area contributed by atoms with Crippen LogP contribution in [-0.4, -0.2) is 40.0 Å². The maximum absolute atomic E-state index is 12.5.